The lowest BCUT2D eigenvalue weighted by Crippen LogP contribution is -2.53. The van der Waals surface area contributed by atoms with Gasteiger partial charge in [0.1, 0.15) is 0 Å². The van der Waals surface area contributed by atoms with Crippen LogP contribution in [0, 0.1) is 28.1 Å². The lowest BCUT2D eigenvalue weighted by Gasteiger charge is -2.60. The number of hydrogen-bond donors (Lipinski definition) is 0. The molecule has 0 N–H and O–H groups in total. The molecular weight excluding hydrogens is 274 g/mol. The molecule has 126 valence electrons. The number of fused-ring (bicyclic) bond motifs is 1. The lowest BCUT2D eigenvalue weighted by molar-refractivity contribution is -0.176. The number of hydroxylamine groups is 2. The van der Waals surface area contributed by atoms with Gasteiger partial charge in [0.15, 0.2) is 0 Å². The van der Waals surface area contributed by atoms with E-state index in [4.69, 9.17) is 4.84 Å². The normalized spacial score (nSPS) is 38.4. The van der Waals surface area contributed by atoms with Crippen LogP contribution in [0.15, 0.2) is 0 Å². The van der Waals surface area contributed by atoms with Crippen LogP contribution >= 0.6 is 0 Å². The van der Waals surface area contributed by atoms with Crippen molar-refractivity contribution >= 4 is 5.91 Å². The Labute approximate surface area is 135 Å². The summed E-state index contributed by atoms with van der Waals surface area (Å²) in [5.74, 6) is 1.47. The zero-order valence-electron chi connectivity index (χ0n) is 15.1. The SMILES string of the molecule is CON(C)C(=O)C[C@H]1C2(CC[C@H]3C(C)(C)CCC[C@@]31C)CC2. The van der Waals surface area contributed by atoms with E-state index in [9.17, 15) is 4.79 Å². The molecule has 3 nitrogen and oxygen atoms in total. The Bertz CT molecular complexity index is 454. The molecule has 3 aliphatic rings. The Morgan fingerprint density at radius 1 is 1.14 bits per heavy atom. The molecule has 0 saturated heterocycles. The molecule has 0 aromatic rings. The molecule has 22 heavy (non-hydrogen) atoms. The van der Waals surface area contributed by atoms with Crippen molar-refractivity contribution in [2.75, 3.05) is 14.2 Å². The first kappa shape index (κ1) is 16.3. The van der Waals surface area contributed by atoms with Gasteiger partial charge in [0, 0.05) is 13.5 Å². The molecule has 0 radical (unpaired) electrons. The number of nitrogens with zero attached hydrogens (tertiary/aromatic N) is 1. The van der Waals surface area contributed by atoms with Crippen LogP contribution in [0.1, 0.15) is 72.1 Å². The van der Waals surface area contributed by atoms with Gasteiger partial charge in [0.25, 0.3) is 0 Å². The Kier molecular flexibility index (Phi) is 3.87. The predicted octanol–water partition coefficient (Wildman–Crippen LogP) is 4.42. The van der Waals surface area contributed by atoms with Crippen molar-refractivity contribution in [3.8, 4) is 0 Å². The molecule has 0 aromatic carbocycles. The average molecular weight is 307 g/mol. The largest absolute Gasteiger partial charge is 0.275 e. The van der Waals surface area contributed by atoms with Crippen molar-refractivity contribution in [2.24, 2.45) is 28.1 Å². The molecule has 0 unspecified atom stereocenters. The lowest BCUT2D eigenvalue weighted by atomic mass is 9.45. The third-order valence-electron chi connectivity index (χ3n) is 7.64. The highest BCUT2D eigenvalue weighted by Gasteiger charge is 2.63. The van der Waals surface area contributed by atoms with Gasteiger partial charge >= 0.3 is 0 Å². The quantitative estimate of drug-likeness (QED) is 0.722. The van der Waals surface area contributed by atoms with Gasteiger partial charge in [-0.2, -0.15) is 0 Å². The van der Waals surface area contributed by atoms with Crippen LogP contribution in [0.3, 0.4) is 0 Å². The van der Waals surface area contributed by atoms with Gasteiger partial charge in [-0.3, -0.25) is 9.63 Å². The van der Waals surface area contributed by atoms with Crippen molar-refractivity contribution in [3.05, 3.63) is 0 Å². The Morgan fingerprint density at radius 3 is 2.41 bits per heavy atom. The summed E-state index contributed by atoms with van der Waals surface area (Å²) in [4.78, 5) is 17.7. The van der Waals surface area contributed by atoms with Crippen LogP contribution in [0.4, 0.5) is 0 Å². The third-order valence-corrected chi connectivity index (χ3v) is 7.64. The van der Waals surface area contributed by atoms with Crippen molar-refractivity contribution in [1.82, 2.24) is 5.06 Å². The maximum Gasteiger partial charge on any atom is 0.246 e. The molecule has 0 bridgehead atoms. The Hall–Kier alpha value is -0.570. The second-order valence-corrected chi connectivity index (χ2v) is 9.13. The van der Waals surface area contributed by atoms with Crippen LogP contribution in [0.25, 0.3) is 0 Å². The Balaban J connectivity index is 1.88. The van der Waals surface area contributed by atoms with Gasteiger partial charge in [-0.1, -0.05) is 27.2 Å². The monoisotopic (exact) mass is 307 g/mol. The number of carbonyl (C=O) groups is 1. The van der Waals surface area contributed by atoms with Crippen LogP contribution in [0.5, 0.6) is 0 Å². The van der Waals surface area contributed by atoms with E-state index in [1.54, 1.807) is 14.2 Å². The van der Waals surface area contributed by atoms with Crippen LogP contribution in [0.2, 0.25) is 0 Å². The summed E-state index contributed by atoms with van der Waals surface area (Å²) in [6, 6.07) is 0. The van der Waals surface area contributed by atoms with Gasteiger partial charge in [0.2, 0.25) is 5.91 Å². The summed E-state index contributed by atoms with van der Waals surface area (Å²) in [7, 11) is 3.33. The molecule has 3 heteroatoms. The fourth-order valence-electron chi connectivity index (χ4n) is 6.22. The van der Waals surface area contributed by atoms with Crippen molar-refractivity contribution in [3.63, 3.8) is 0 Å². The van der Waals surface area contributed by atoms with Gasteiger partial charge in [-0.25, -0.2) is 5.06 Å². The summed E-state index contributed by atoms with van der Waals surface area (Å²) in [5, 5.41) is 1.43. The first-order valence-electron chi connectivity index (χ1n) is 9.06. The Morgan fingerprint density at radius 2 is 1.82 bits per heavy atom. The summed E-state index contributed by atoms with van der Waals surface area (Å²) in [5.41, 5.74) is 1.24. The minimum Gasteiger partial charge on any atom is -0.275 e. The van der Waals surface area contributed by atoms with Crippen LogP contribution in [-0.4, -0.2) is 25.1 Å². The molecule has 3 saturated carbocycles. The van der Waals surface area contributed by atoms with Gasteiger partial charge in [-0.15, -0.1) is 0 Å². The fraction of sp³-hybridized carbons (Fsp3) is 0.947. The maximum atomic E-state index is 12.5. The molecule has 0 heterocycles. The zero-order chi connectivity index (χ0) is 16.2. The summed E-state index contributed by atoms with van der Waals surface area (Å²) < 4.78 is 0. The highest BCUT2D eigenvalue weighted by atomic mass is 16.7. The molecule has 3 fully saturated rings. The van der Waals surface area contributed by atoms with E-state index in [0.29, 0.717) is 28.6 Å². The number of hydrogen-bond acceptors (Lipinski definition) is 2. The van der Waals surface area contributed by atoms with E-state index in [0.717, 1.165) is 5.92 Å². The van der Waals surface area contributed by atoms with E-state index < -0.39 is 0 Å². The minimum atomic E-state index is 0.157. The summed E-state index contributed by atoms with van der Waals surface area (Å²) in [6.07, 6.45) is 10.0. The molecule has 0 aliphatic heterocycles. The molecular formula is C19H33NO2. The third kappa shape index (κ3) is 2.40. The van der Waals surface area contributed by atoms with E-state index in [-0.39, 0.29) is 5.91 Å². The highest BCUT2D eigenvalue weighted by Crippen LogP contribution is 2.71. The maximum absolute atomic E-state index is 12.5. The minimum absolute atomic E-state index is 0.157. The molecule has 1 spiro atoms. The van der Waals surface area contributed by atoms with Crippen molar-refractivity contribution in [2.45, 2.75) is 72.1 Å². The smallest absolute Gasteiger partial charge is 0.246 e. The molecule has 0 aromatic heterocycles. The van der Waals surface area contributed by atoms with Gasteiger partial charge in [-0.05, 0) is 66.6 Å². The number of rotatable bonds is 3. The molecule has 3 rings (SSSR count). The first-order chi connectivity index (χ1) is 10.3. The van der Waals surface area contributed by atoms with Crippen LogP contribution in [-0.2, 0) is 9.63 Å². The second kappa shape index (κ2) is 5.22. The van der Waals surface area contributed by atoms with Crippen LogP contribution < -0.4 is 0 Å². The van der Waals surface area contributed by atoms with E-state index in [1.807, 2.05) is 0 Å². The van der Waals surface area contributed by atoms with Gasteiger partial charge < -0.3 is 0 Å². The number of carbonyl (C=O) groups excluding carboxylic acids is 1. The van der Waals surface area contributed by atoms with Crippen molar-refractivity contribution in [1.29, 1.82) is 0 Å². The van der Waals surface area contributed by atoms with Gasteiger partial charge in [0.05, 0.1) is 7.11 Å². The zero-order valence-corrected chi connectivity index (χ0v) is 15.1. The molecule has 3 aliphatic carbocycles. The predicted molar refractivity (Wildman–Crippen MR) is 88.0 cm³/mol. The van der Waals surface area contributed by atoms with E-state index in [2.05, 4.69) is 20.8 Å². The summed E-state index contributed by atoms with van der Waals surface area (Å²) in [6.45, 7) is 7.42. The fourth-order valence-corrected chi connectivity index (χ4v) is 6.22. The molecule has 1 amide bonds. The first-order valence-corrected chi connectivity index (χ1v) is 9.06. The standard InChI is InChI=1S/C19H33NO2/c1-17(2)8-6-9-18(3)14(17)7-10-19(11-12-19)15(18)13-16(21)20(4)22-5/h14-15H,6-13H2,1-5H3/t14-,15+,18-/m0/s1. The number of amides is 1. The summed E-state index contributed by atoms with van der Waals surface area (Å²) >= 11 is 0. The highest BCUT2D eigenvalue weighted by molar-refractivity contribution is 5.75. The average Bonchev–Trinajstić information content (AvgIpc) is 3.21. The molecule has 3 atom stereocenters. The topological polar surface area (TPSA) is 29.5 Å². The second-order valence-electron chi connectivity index (χ2n) is 9.13. The van der Waals surface area contributed by atoms with Crippen molar-refractivity contribution < 1.29 is 9.63 Å². The van der Waals surface area contributed by atoms with E-state index >= 15 is 0 Å². The van der Waals surface area contributed by atoms with E-state index in [1.165, 1.54) is 50.0 Å².